The van der Waals surface area contributed by atoms with Crippen molar-refractivity contribution in [1.29, 1.82) is 0 Å². The molecular formula is C27H35FN4O3S2. The van der Waals surface area contributed by atoms with Crippen LogP contribution in [-0.4, -0.2) is 67.8 Å². The molecule has 0 radical (unpaired) electrons. The molecule has 0 bridgehead atoms. The smallest absolute Gasteiger partial charge is 0.243 e. The number of aromatic nitrogens is 1. The summed E-state index contributed by atoms with van der Waals surface area (Å²) in [7, 11) is -3.73. The monoisotopic (exact) mass is 546 g/mol. The summed E-state index contributed by atoms with van der Waals surface area (Å²) in [6.45, 7) is 9.90. The van der Waals surface area contributed by atoms with Crippen LogP contribution in [0, 0.1) is 11.7 Å². The fraction of sp³-hybridized carbons (Fsp3) is 0.481. The Balaban J connectivity index is 1.53. The average Bonchev–Trinajstić information content (AvgIpc) is 3.35. The van der Waals surface area contributed by atoms with Gasteiger partial charge in [-0.1, -0.05) is 44.2 Å². The maximum atomic E-state index is 13.8. The van der Waals surface area contributed by atoms with E-state index in [9.17, 15) is 17.6 Å². The normalized spacial score (nSPS) is 15.5. The van der Waals surface area contributed by atoms with Crippen molar-refractivity contribution in [3.8, 4) is 0 Å². The quantitative estimate of drug-likeness (QED) is 0.366. The van der Waals surface area contributed by atoms with E-state index in [0.29, 0.717) is 24.5 Å². The number of fused-ring (bicyclic) bond motifs is 1. The summed E-state index contributed by atoms with van der Waals surface area (Å²) in [5, 5.41) is 0.703. The number of thiazole rings is 1. The largest absolute Gasteiger partial charge is 0.302 e. The molecule has 1 amide bonds. The standard InChI is InChI=1S/C27H35FN4O3S2/c1-4-20-8-7-9-24-25(20)29-27(36-24)32(19-18-30(5-2)6-3)26(33)21-14-16-31(17-15-21)37(34,35)23-12-10-22(28)11-13-23/h7-13,21H,4-6,14-19H2,1-3H3. The molecule has 1 aromatic heterocycles. The van der Waals surface area contributed by atoms with Crippen molar-refractivity contribution in [2.45, 2.75) is 44.9 Å². The summed E-state index contributed by atoms with van der Waals surface area (Å²) in [6, 6.07) is 11.0. The van der Waals surface area contributed by atoms with Crippen molar-refractivity contribution in [1.82, 2.24) is 14.2 Å². The fourth-order valence-electron chi connectivity index (χ4n) is 4.80. The van der Waals surface area contributed by atoms with Crippen LogP contribution in [-0.2, 0) is 21.2 Å². The van der Waals surface area contributed by atoms with E-state index in [2.05, 4.69) is 31.7 Å². The Bertz CT molecular complexity index is 1320. The van der Waals surface area contributed by atoms with Crippen LogP contribution in [0.25, 0.3) is 10.2 Å². The second-order valence-corrected chi connectivity index (χ2v) is 12.2. The highest BCUT2D eigenvalue weighted by Gasteiger charge is 2.35. The van der Waals surface area contributed by atoms with E-state index < -0.39 is 15.8 Å². The molecule has 10 heteroatoms. The van der Waals surface area contributed by atoms with Crippen LogP contribution < -0.4 is 4.90 Å². The molecule has 0 atom stereocenters. The Morgan fingerprint density at radius 2 is 1.73 bits per heavy atom. The number of amides is 1. The van der Waals surface area contributed by atoms with E-state index in [-0.39, 0.29) is 29.8 Å². The molecule has 1 fully saturated rings. The van der Waals surface area contributed by atoms with Gasteiger partial charge in [-0.3, -0.25) is 9.69 Å². The maximum absolute atomic E-state index is 13.8. The fourth-order valence-corrected chi connectivity index (χ4v) is 7.31. The van der Waals surface area contributed by atoms with E-state index in [4.69, 9.17) is 4.98 Å². The van der Waals surface area contributed by atoms with E-state index in [1.54, 1.807) is 0 Å². The lowest BCUT2D eigenvalue weighted by molar-refractivity contribution is -0.123. The van der Waals surface area contributed by atoms with Crippen molar-refractivity contribution in [2.75, 3.05) is 44.2 Å². The van der Waals surface area contributed by atoms with Gasteiger partial charge in [0.1, 0.15) is 5.82 Å². The van der Waals surface area contributed by atoms with Gasteiger partial charge >= 0.3 is 0 Å². The molecule has 0 spiro atoms. The molecule has 200 valence electrons. The molecule has 1 aliphatic heterocycles. The summed E-state index contributed by atoms with van der Waals surface area (Å²) in [5.41, 5.74) is 2.11. The number of hydrogen-bond acceptors (Lipinski definition) is 6. The molecule has 0 unspecified atom stereocenters. The summed E-state index contributed by atoms with van der Waals surface area (Å²) in [4.78, 5) is 22.9. The van der Waals surface area contributed by atoms with Gasteiger partial charge in [0, 0.05) is 32.1 Å². The number of para-hydroxylation sites is 1. The molecule has 1 saturated heterocycles. The first-order chi connectivity index (χ1) is 17.8. The van der Waals surface area contributed by atoms with Gasteiger partial charge in [-0.15, -0.1) is 0 Å². The Kier molecular flexibility index (Phi) is 8.94. The lowest BCUT2D eigenvalue weighted by atomic mass is 9.96. The minimum Gasteiger partial charge on any atom is -0.302 e. The van der Waals surface area contributed by atoms with Crippen LogP contribution in [0.2, 0.25) is 0 Å². The van der Waals surface area contributed by atoms with Crippen molar-refractivity contribution in [3.63, 3.8) is 0 Å². The van der Waals surface area contributed by atoms with Crippen molar-refractivity contribution < 1.29 is 17.6 Å². The number of halogens is 1. The van der Waals surface area contributed by atoms with Crippen molar-refractivity contribution >= 4 is 42.6 Å². The highest BCUT2D eigenvalue weighted by molar-refractivity contribution is 7.89. The Morgan fingerprint density at radius 1 is 1.05 bits per heavy atom. The van der Waals surface area contributed by atoms with Crippen LogP contribution in [0.3, 0.4) is 0 Å². The number of anilines is 1. The SMILES string of the molecule is CCc1cccc2sc(N(CCN(CC)CC)C(=O)C3CCN(S(=O)(=O)c4ccc(F)cc4)CC3)nc12. The van der Waals surface area contributed by atoms with Crippen LogP contribution in [0.15, 0.2) is 47.4 Å². The molecule has 2 aromatic carbocycles. The molecule has 0 aliphatic carbocycles. The third-order valence-corrected chi connectivity index (χ3v) is 10.1. The number of sulfonamides is 1. The number of piperidine rings is 1. The maximum Gasteiger partial charge on any atom is 0.243 e. The number of carbonyl (C=O) groups is 1. The zero-order valence-electron chi connectivity index (χ0n) is 21.7. The molecule has 4 rings (SSSR count). The first-order valence-corrected chi connectivity index (χ1v) is 15.2. The van der Waals surface area contributed by atoms with E-state index in [1.807, 2.05) is 17.0 Å². The van der Waals surface area contributed by atoms with E-state index >= 15 is 0 Å². The van der Waals surface area contributed by atoms with E-state index in [0.717, 1.165) is 54.0 Å². The zero-order chi connectivity index (χ0) is 26.6. The Morgan fingerprint density at radius 3 is 2.35 bits per heavy atom. The summed E-state index contributed by atoms with van der Waals surface area (Å²) >= 11 is 1.54. The molecular weight excluding hydrogens is 511 g/mol. The Labute approximate surface area is 223 Å². The second-order valence-electron chi connectivity index (χ2n) is 9.26. The van der Waals surface area contributed by atoms with Gasteiger partial charge < -0.3 is 4.90 Å². The second kappa shape index (κ2) is 12.0. The Hall–Kier alpha value is -2.40. The third kappa shape index (κ3) is 6.03. The summed E-state index contributed by atoms with van der Waals surface area (Å²) in [6.07, 6.45) is 1.74. The first kappa shape index (κ1) is 27.6. The van der Waals surface area contributed by atoms with Gasteiger partial charge in [-0.2, -0.15) is 4.31 Å². The van der Waals surface area contributed by atoms with Gasteiger partial charge in [0.15, 0.2) is 5.13 Å². The number of likely N-dealkylation sites (N-methyl/N-ethyl adjacent to an activating group) is 1. The molecule has 0 saturated carbocycles. The highest BCUT2D eigenvalue weighted by atomic mass is 32.2. The van der Waals surface area contributed by atoms with Crippen LogP contribution in [0.5, 0.6) is 0 Å². The van der Waals surface area contributed by atoms with Crippen LogP contribution in [0.1, 0.15) is 39.2 Å². The number of rotatable bonds is 10. The minimum absolute atomic E-state index is 0.00286. The lowest BCUT2D eigenvalue weighted by Gasteiger charge is -2.33. The lowest BCUT2D eigenvalue weighted by Crippen LogP contribution is -2.46. The van der Waals surface area contributed by atoms with Crippen molar-refractivity contribution in [3.05, 3.63) is 53.8 Å². The summed E-state index contributed by atoms with van der Waals surface area (Å²) in [5.74, 6) is -0.758. The molecule has 0 N–H and O–H groups in total. The number of nitrogens with zero attached hydrogens (tertiary/aromatic N) is 4. The number of aryl methyl sites for hydroxylation is 1. The van der Waals surface area contributed by atoms with Crippen molar-refractivity contribution in [2.24, 2.45) is 5.92 Å². The predicted molar refractivity (Wildman–Crippen MR) is 147 cm³/mol. The third-order valence-electron chi connectivity index (χ3n) is 7.16. The number of benzene rings is 2. The minimum atomic E-state index is -3.73. The topological polar surface area (TPSA) is 73.8 Å². The molecule has 1 aliphatic rings. The van der Waals surface area contributed by atoms with Gasteiger partial charge in [0.25, 0.3) is 0 Å². The zero-order valence-corrected chi connectivity index (χ0v) is 23.3. The number of hydrogen-bond donors (Lipinski definition) is 0. The van der Waals surface area contributed by atoms with Gasteiger partial charge in [-0.05, 0) is 68.2 Å². The van der Waals surface area contributed by atoms with Crippen LogP contribution in [0.4, 0.5) is 9.52 Å². The van der Waals surface area contributed by atoms with Gasteiger partial charge in [0.2, 0.25) is 15.9 Å². The van der Waals surface area contributed by atoms with Gasteiger partial charge in [-0.25, -0.2) is 17.8 Å². The first-order valence-electron chi connectivity index (χ1n) is 13.0. The highest BCUT2D eigenvalue weighted by Crippen LogP contribution is 2.33. The van der Waals surface area contributed by atoms with Crippen LogP contribution >= 0.6 is 11.3 Å². The molecule has 37 heavy (non-hydrogen) atoms. The predicted octanol–water partition coefficient (Wildman–Crippen LogP) is 4.77. The molecule has 3 aromatic rings. The average molecular weight is 547 g/mol. The molecule has 2 heterocycles. The summed E-state index contributed by atoms with van der Waals surface area (Å²) < 4.78 is 41.8. The molecule has 7 nitrogen and oxygen atoms in total. The van der Waals surface area contributed by atoms with E-state index in [1.165, 1.54) is 27.8 Å². The van der Waals surface area contributed by atoms with Gasteiger partial charge in [0.05, 0.1) is 15.1 Å². The number of carbonyl (C=O) groups excluding carboxylic acids is 1.